The Hall–Kier alpha value is -1.32. The predicted molar refractivity (Wildman–Crippen MR) is 84.1 cm³/mol. The number of rotatable bonds is 4. The quantitative estimate of drug-likeness (QED) is 0.789. The number of hydrogen-bond donors (Lipinski definition) is 0. The summed E-state index contributed by atoms with van der Waals surface area (Å²) in [6.45, 7) is 6.00. The van der Waals surface area contributed by atoms with Crippen molar-refractivity contribution < 1.29 is 9.59 Å². The smallest absolute Gasteiger partial charge is 0.270 e. The van der Waals surface area contributed by atoms with E-state index < -0.39 is 11.8 Å². The van der Waals surface area contributed by atoms with Crippen molar-refractivity contribution in [3.05, 3.63) is 46.0 Å². The Balaban J connectivity index is 2.18. The first-order valence-electron chi connectivity index (χ1n) is 6.74. The second kappa shape index (κ2) is 5.82. The normalized spacial score (nSPS) is 17.7. The van der Waals surface area contributed by atoms with Gasteiger partial charge in [0.1, 0.15) is 10.1 Å². The molecule has 0 aliphatic carbocycles. The molecule has 1 unspecified atom stereocenters. The highest BCUT2D eigenvalue weighted by Crippen LogP contribution is 2.34. The van der Waals surface area contributed by atoms with Crippen LogP contribution >= 0.6 is 23.2 Å². The Kier molecular flexibility index (Phi) is 4.45. The molecule has 1 aromatic carbocycles. The molecule has 0 saturated heterocycles. The minimum absolute atomic E-state index is 0.178. The molecular weight excluding hydrogens is 309 g/mol. The molecular formula is C16H17Cl2NO2. The van der Waals surface area contributed by atoms with Crippen molar-refractivity contribution in [1.29, 1.82) is 0 Å². The van der Waals surface area contributed by atoms with E-state index in [1.807, 2.05) is 37.3 Å². The van der Waals surface area contributed by atoms with Crippen LogP contribution in [0.15, 0.2) is 40.4 Å². The third kappa shape index (κ3) is 2.99. The Bertz CT molecular complexity index is 584. The Morgan fingerprint density at radius 1 is 1.05 bits per heavy atom. The number of carbonyl (C=O) groups excluding carboxylic acids is 2. The van der Waals surface area contributed by atoms with Gasteiger partial charge in [0.25, 0.3) is 11.8 Å². The van der Waals surface area contributed by atoms with Crippen LogP contribution in [0.2, 0.25) is 0 Å². The number of carbonyl (C=O) groups is 2. The summed E-state index contributed by atoms with van der Waals surface area (Å²) in [4.78, 5) is 25.2. The molecule has 0 N–H and O–H groups in total. The van der Waals surface area contributed by atoms with Gasteiger partial charge in [0, 0.05) is 6.04 Å². The van der Waals surface area contributed by atoms with E-state index in [-0.39, 0.29) is 21.5 Å². The van der Waals surface area contributed by atoms with Gasteiger partial charge >= 0.3 is 0 Å². The van der Waals surface area contributed by atoms with Gasteiger partial charge in [-0.3, -0.25) is 14.5 Å². The minimum atomic E-state index is -0.511. The van der Waals surface area contributed by atoms with Crippen LogP contribution in [0.5, 0.6) is 0 Å². The fourth-order valence-corrected chi connectivity index (χ4v) is 3.07. The Morgan fingerprint density at radius 2 is 1.52 bits per heavy atom. The molecule has 2 rings (SSSR count). The maximum atomic E-state index is 12.0. The minimum Gasteiger partial charge on any atom is -0.270 e. The van der Waals surface area contributed by atoms with Gasteiger partial charge in [0.05, 0.1) is 0 Å². The van der Waals surface area contributed by atoms with Gasteiger partial charge in [-0.2, -0.15) is 0 Å². The van der Waals surface area contributed by atoms with E-state index in [9.17, 15) is 9.59 Å². The van der Waals surface area contributed by atoms with E-state index in [1.165, 1.54) is 0 Å². The van der Waals surface area contributed by atoms with Gasteiger partial charge in [0.15, 0.2) is 0 Å². The van der Waals surface area contributed by atoms with Crippen LogP contribution in [-0.4, -0.2) is 22.8 Å². The molecule has 0 aromatic heterocycles. The molecule has 1 aliphatic rings. The van der Waals surface area contributed by atoms with E-state index in [0.29, 0.717) is 6.42 Å². The molecule has 1 heterocycles. The largest absolute Gasteiger partial charge is 0.274 e. The summed E-state index contributed by atoms with van der Waals surface area (Å²) < 4.78 is 0. The van der Waals surface area contributed by atoms with E-state index >= 15 is 0 Å². The summed E-state index contributed by atoms with van der Waals surface area (Å²) in [6, 6.07) is 9.70. The van der Waals surface area contributed by atoms with E-state index in [0.717, 1.165) is 10.5 Å². The van der Waals surface area contributed by atoms with Gasteiger partial charge in [-0.05, 0) is 24.3 Å². The van der Waals surface area contributed by atoms with Crippen LogP contribution in [-0.2, 0) is 15.0 Å². The maximum absolute atomic E-state index is 12.0. The summed E-state index contributed by atoms with van der Waals surface area (Å²) in [6.07, 6.45) is 0.628. The lowest BCUT2D eigenvalue weighted by Gasteiger charge is -2.32. The topological polar surface area (TPSA) is 37.4 Å². The van der Waals surface area contributed by atoms with Crippen molar-refractivity contribution in [3.8, 4) is 0 Å². The molecule has 112 valence electrons. The molecule has 21 heavy (non-hydrogen) atoms. The van der Waals surface area contributed by atoms with Crippen LogP contribution in [0, 0.1) is 0 Å². The van der Waals surface area contributed by atoms with E-state index in [2.05, 4.69) is 13.8 Å². The number of nitrogens with zero attached hydrogens (tertiary/aromatic N) is 1. The monoisotopic (exact) mass is 325 g/mol. The molecule has 1 aliphatic heterocycles. The zero-order valence-electron chi connectivity index (χ0n) is 12.2. The van der Waals surface area contributed by atoms with Crippen molar-refractivity contribution in [2.75, 3.05) is 0 Å². The zero-order valence-corrected chi connectivity index (χ0v) is 13.7. The maximum Gasteiger partial charge on any atom is 0.274 e. The average molecular weight is 326 g/mol. The first-order chi connectivity index (χ1) is 9.75. The summed E-state index contributed by atoms with van der Waals surface area (Å²) >= 11 is 11.5. The molecule has 0 spiro atoms. The molecule has 0 fully saturated rings. The average Bonchev–Trinajstić information content (AvgIpc) is 2.63. The van der Waals surface area contributed by atoms with Crippen LogP contribution < -0.4 is 0 Å². The van der Waals surface area contributed by atoms with Gasteiger partial charge in [-0.1, -0.05) is 67.4 Å². The van der Waals surface area contributed by atoms with Crippen molar-refractivity contribution >= 4 is 35.0 Å². The fourth-order valence-electron chi connectivity index (χ4n) is 2.73. The first kappa shape index (κ1) is 16.1. The molecule has 0 saturated carbocycles. The number of benzene rings is 1. The predicted octanol–water partition coefficient (Wildman–Crippen LogP) is 3.80. The number of imide groups is 1. The standard InChI is InChI=1S/C16H17Cl2NO2/c1-10(19-14(20)12(17)13(18)15(19)21)9-16(2,3)11-7-5-4-6-8-11/h4-8,10H,9H2,1-3H3. The number of hydrogen-bond acceptors (Lipinski definition) is 2. The lowest BCUT2D eigenvalue weighted by Crippen LogP contribution is -2.42. The fraction of sp³-hybridized carbons (Fsp3) is 0.375. The summed E-state index contributed by atoms with van der Waals surface area (Å²) in [5.41, 5.74) is 0.976. The molecule has 0 bridgehead atoms. The molecule has 2 amide bonds. The second-order valence-electron chi connectivity index (χ2n) is 5.91. The van der Waals surface area contributed by atoms with Crippen molar-refractivity contribution in [3.63, 3.8) is 0 Å². The Morgan fingerprint density at radius 3 is 2.00 bits per heavy atom. The van der Waals surface area contributed by atoms with Crippen molar-refractivity contribution in [1.82, 2.24) is 4.90 Å². The molecule has 1 aromatic rings. The van der Waals surface area contributed by atoms with E-state index in [1.54, 1.807) is 0 Å². The molecule has 3 nitrogen and oxygen atoms in total. The van der Waals surface area contributed by atoms with Crippen LogP contribution in [0.25, 0.3) is 0 Å². The Labute approximate surface area is 134 Å². The molecule has 1 atom stereocenters. The second-order valence-corrected chi connectivity index (χ2v) is 6.67. The highest BCUT2D eigenvalue weighted by molar-refractivity contribution is 6.58. The lowest BCUT2D eigenvalue weighted by atomic mass is 9.79. The first-order valence-corrected chi connectivity index (χ1v) is 7.50. The van der Waals surface area contributed by atoms with Crippen LogP contribution in [0.4, 0.5) is 0 Å². The van der Waals surface area contributed by atoms with Gasteiger partial charge in [-0.25, -0.2) is 0 Å². The van der Waals surface area contributed by atoms with Crippen molar-refractivity contribution in [2.24, 2.45) is 0 Å². The lowest BCUT2D eigenvalue weighted by molar-refractivity contribution is -0.139. The highest BCUT2D eigenvalue weighted by atomic mass is 35.5. The molecule has 0 radical (unpaired) electrons. The SMILES string of the molecule is CC(CC(C)(C)c1ccccc1)N1C(=O)C(Cl)=C(Cl)C1=O. The van der Waals surface area contributed by atoms with E-state index in [4.69, 9.17) is 23.2 Å². The number of amides is 2. The summed E-state index contributed by atoms with van der Waals surface area (Å²) in [7, 11) is 0. The zero-order chi connectivity index (χ0) is 15.8. The van der Waals surface area contributed by atoms with Gasteiger partial charge < -0.3 is 0 Å². The molecule has 5 heteroatoms. The van der Waals surface area contributed by atoms with Crippen LogP contribution in [0.3, 0.4) is 0 Å². The van der Waals surface area contributed by atoms with Gasteiger partial charge in [-0.15, -0.1) is 0 Å². The third-order valence-corrected chi connectivity index (χ3v) is 4.61. The summed E-state index contributed by atoms with van der Waals surface area (Å²) in [5, 5.41) is -0.378. The van der Waals surface area contributed by atoms with Crippen molar-refractivity contribution in [2.45, 2.75) is 38.6 Å². The number of halogens is 2. The van der Waals surface area contributed by atoms with Crippen LogP contribution in [0.1, 0.15) is 32.8 Å². The highest BCUT2D eigenvalue weighted by Gasteiger charge is 2.41. The third-order valence-electron chi connectivity index (χ3n) is 3.81. The summed E-state index contributed by atoms with van der Waals surface area (Å²) in [5.74, 6) is -1.02. The van der Waals surface area contributed by atoms with Gasteiger partial charge in [0.2, 0.25) is 0 Å².